The molecule has 0 saturated carbocycles. The molecule has 2 rings (SSSR count). The normalized spacial score (nSPS) is 11.0. The SMILES string of the molecule is COc1ccc(Cl)cc1-c1ccoc1CNC(C)C. The zero-order chi connectivity index (χ0) is 13.8. The fourth-order valence-corrected chi connectivity index (χ4v) is 2.08. The van der Waals surface area contributed by atoms with Crippen molar-refractivity contribution in [2.24, 2.45) is 0 Å². The van der Waals surface area contributed by atoms with Crippen LogP contribution >= 0.6 is 11.6 Å². The molecule has 0 aliphatic rings. The lowest BCUT2D eigenvalue weighted by molar-refractivity contribution is 0.416. The Morgan fingerprint density at radius 3 is 2.74 bits per heavy atom. The van der Waals surface area contributed by atoms with Crippen molar-refractivity contribution in [3.63, 3.8) is 0 Å². The molecule has 19 heavy (non-hydrogen) atoms. The second kappa shape index (κ2) is 6.13. The van der Waals surface area contributed by atoms with Crippen molar-refractivity contribution in [2.45, 2.75) is 26.4 Å². The van der Waals surface area contributed by atoms with E-state index in [2.05, 4.69) is 19.2 Å². The zero-order valence-corrected chi connectivity index (χ0v) is 12.1. The monoisotopic (exact) mass is 279 g/mol. The summed E-state index contributed by atoms with van der Waals surface area (Å²) < 4.78 is 10.9. The van der Waals surface area contributed by atoms with E-state index < -0.39 is 0 Å². The second-order valence-electron chi connectivity index (χ2n) is 4.64. The molecule has 0 saturated heterocycles. The molecule has 0 aliphatic carbocycles. The van der Waals surface area contributed by atoms with Crippen LogP contribution in [0.15, 0.2) is 34.9 Å². The number of nitrogens with one attached hydrogen (secondary N) is 1. The first kappa shape index (κ1) is 14.0. The van der Waals surface area contributed by atoms with E-state index in [9.17, 15) is 0 Å². The Hall–Kier alpha value is -1.45. The van der Waals surface area contributed by atoms with Crippen LogP contribution in [0.3, 0.4) is 0 Å². The van der Waals surface area contributed by atoms with Crippen molar-refractivity contribution >= 4 is 11.6 Å². The molecule has 0 atom stereocenters. The van der Waals surface area contributed by atoms with E-state index in [0.717, 1.165) is 22.6 Å². The Morgan fingerprint density at radius 2 is 2.05 bits per heavy atom. The first-order chi connectivity index (χ1) is 9.11. The zero-order valence-electron chi connectivity index (χ0n) is 11.4. The first-order valence-electron chi connectivity index (χ1n) is 6.25. The number of furan rings is 1. The minimum Gasteiger partial charge on any atom is -0.496 e. The summed E-state index contributed by atoms with van der Waals surface area (Å²) in [6.07, 6.45) is 1.69. The predicted octanol–water partition coefficient (Wildman–Crippen LogP) is 4.11. The number of rotatable bonds is 5. The highest BCUT2D eigenvalue weighted by molar-refractivity contribution is 6.31. The number of hydrogen-bond acceptors (Lipinski definition) is 3. The third-order valence-electron chi connectivity index (χ3n) is 2.87. The van der Waals surface area contributed by atoms with Crippen molar-refractivity contribution in [3.8, 4) is 16.9 Å². The van der Waals surface area contributed by atoms with Crippen molar-refractivity contribution < 1.29 is 9.15 Å². The molecule has 0 bridgehead atoms. The summed E-state index contributed by atoms with van der Waals surface area (Å²) in [5, 5.41) is 4.02. The van der Waals surface area contributed by atoms with Crippen molar-refractivity contribution in [1.29, 1.82) is 0 Å². The summed E-state index contributed by atoms with van der Waals surface area (Å²) in [6.45, 7) is 4.88. The van der Waals surface area contributed by atoms with E-state index in [1.54, 1.807) is 13.4 Å². The summed E-state index contributed by atoms with van der Waals surface area (Å²) in [7, 11) is 1.65. The Balaban J connectivity index is 2.36. The van der Waals surface area contributed by atoms with E-state index in [4.69, 9.17) is 20.8 Å². The average molecular weight is 280 g/mol. The minimum absolute atomic E-state index is 0.402. The van der Waals surface area contributed by atoms with Gasteiger partial charge in [0.25, 0.3) is 0 Å². The molecule has 2 aromatic rings. The molecule has 0 fully saturated rings. The van der Waals surface area contributed by atoms with Gasteiger partial charge in [-0.15, -0.1) is 0 Å². The van der Waals surface area contributed by atoms with Crippen molar-refractivity contribution in [1.82, 2.24) is 5.32 Å². The second-order valence-corrected chi connectivity index (χ2v) is 5.07. The van der Waals surface area contributed by atoms with Gasteiger partial charge in [0.2, 0.25) is 0 Å². The van der Waals surface area contributed by atoms with Crippen molar-refractivity contribution in [2.75, 3.05) is 7.11 Å². The smallest absolute Gasteiger partial charge is 0.126 e. The predicted molar refractivity (Wildman–Crippen MR) is 77.7 cm³/mol. The van der Waals surface area contributed by atoms with Gasteiger partial charge in [-0.3, -0.25) is 0 Å². The maximum Gasteiger partial charge on any atom is 0.126 e. The Kier molecular flexibility index (Phi) is 4.51. The third-order valence-corrected chi connectivity index (χ3v) is 3.10. The first-order valence-corrected chi connectivity index (χ1v) is 6.63. The molecule has 1 aromatic carbocycles. The van der Waals surface area contributed by atoms with Gasteiger partial charge in [0.05, 0.1) is 19.9 Å². The molecule has 3 nitrogen and oxygen atoms in total. The van der Waals surface area contributed by atoms with Crippen LogP contribution < -0.4 is 10.1 Å². The highest BCUT2D eigenvalue weighted by Crippen LogP contribution is 2.35. The molecule has 0 radical (unpaired) electrons. The summed E-state index contributed by atoms with van der Waals surface area (Å²) in [4.78, 5) is 0. The topological polar surface area (TPSA) is 34.4 Å². The standard InChI is InChI=1S/C15H18ClNO2/c1-10(2)17-9-15-12(6-7-19-15)13-8-11(16)4-5-14(13)18-3/h4-8,10,17H,9H2,1-3H3. The molecule has 1 aromatic heterocycles. The lowest BCUT2D eigenvalue weighted by Gasteiger charge is -2.11. The van der Waals surface area contributed by atoms with E-state index in [1.807, 2.05) is 24.3 Å². The molecule has 1 N–H and O–H groups in total. The lowest BCUT2D eigenvalue weighted by Crippen LogP contribution is -2.21. The van der Waals surface area contributed by atoms with E-state index >= 15 is 0 Å². The fourth-order valence-electron chi connectivity index (χ4n) is 1.91. The number of methoxy groups -OCH3 is 1. The van der Waals surface area contributed by atoms with E-state index in [-0.39, 0.29) is 0 Å². The van der Waals surface area contributed by atoms with E-state index in [1.165, 1.54) is 0 Å². The largest absolute Gasteiger partial charge is 0.496 e. The molecule has 4 heteroatoms. The van der Waals surface area contributed by atoms with Crippen LogP contribution in [0.2, 0.25) is 5.02 Å². The molecule has 0 spiro atoms. The molecule has 0 unspecified atom stereocenters. The van der Waals surface area contributed by atoms with Gasteiger partial charge in [-0.05, 0) is 24.3 Å². The van der Waals surface area contributed by atoms with Crippen LogP contribution in [0.1, 0.15) is 19.6 Å². The summed E-state index contributed by atoms with van der Waals surface area (Å²) in [5.74, 6) is 1.67. The summed E-state index contributed by atoms with van der Waals surface area (Å²) >= 11 is 6.07. The summed E-state index contributed by atoms with van der Waals surface area (Å²) in [6, 6.07) is 7.91. The maximum atomic E-state index is 6.07. The number of ether oxygens (including phenoxy) is 1. The van der Waals surface area contributed by atoms with E-state index in [0.29, 0.717) is 17.6 Å². The Morgan fingerprint density at radius 1 is 1.26 bits per heavy atom. The Bertz CT molecular complexity index is 549. The van der Waals surface area contributed by atoms with Crippen LogP contribution in [0, 0.1) is 0 Å². The van der Waals surface area contributed by atoms with Gasteiger partial charge in [-0.2, -0.15) is 0 Å². The maximum absolute atomic E-state index is 6.07. The highest BCUT2D eigenvalue weighted by Gasteiger charge is 2.14. The molecule has 102 valence electrons. The van der Waals surface area contributed by atoms with Crippen LogP contribution in [-0.2, 0) is 6.54 Å². The van der Waals surface area contributed by atoms with Gasteiger partial charge in [0.15, 0.2) is 0 Å². The Labute approximate surface area is 118 Å². The molecule has 0 aliphatic heterocycles. The molecule has 0 amide bonds. The van der Waals surface area contributed by atoms with Gasteiger partial charge in [0.1, 0.15) is 11.5 Å². The lowest BCUT2D eigenvalue weighted by atomic mass is 10.0. The van der Waals surface area contributed by atoms with Crippen LogP contribution in [0.5, 0.6) is 5.75 Å². The highest BCUT2D eigenvalue weighted by atomic mass is 35.5. The van der Waals surface area contributed by atoms with Gasteiger partial charge >= 0.3 is 0 Å². The van der Waals surface area contributed by atoms with Gasteiger partial charge < -0.3 is 14.5 Å². The number of halogens is 1. The van der Waals surface area contributed by atoms with Crippen LogP contribution in [0.25, 0.3) is 11.1 Å². The van der Waals surface area contributed by atoms with Crippen LogP contribution in [0.4, 0.5) is 0 Å². The fraction of sp³-hybridized carbons (Fsp3) is 0.333. The summed E-state index contributed by atoms with van der Waals surface area (Å²) in [5.41, 5.74) is 1.96. The van der Waals surface area contributed by atoms with Gasteiger partial charge in [0, 0.05) is 22.2 Å². The average Bonchev–Trinajstić information content (AvgIpc) is 2.84. The number of benzene rings is 1. The molecular weight excluding hydrogens is 262 g/mol. The van der Waals surface area contributed by atoms with Crippen LogP contribution in [-0.4, -0.2) is 13.2 Å². The van der Waals surface area contributed by atoms with Crippen molar-refractivity contribution in [3.05, 3.63) is 41.3 Å². The quantitative estimate of drug-likeness (QED) is 0.894. The minimum atomic E-state index is 0.402. The third kappa shape index (κ3) is 3.31. The molecular formula is C15H18ClNO2. The number of hydrogen-bond donors (Lipinski definition) is 1. The van der Waals surface area contributed by atoms with Gasteiger partial charge in [-0.25, -0.2) is 0 Å². The van der Waals surface area contributed by atoms with Gasteiger partial charge in [-0.1, -0.05) is 25.4 Å². The molecule has 1 heterocycles.